The molecule has 0 bridgehead atoms. The van der Waals surface area contributed by atoms with E-state index in [-0.39, 0.29) is 5.52 Å². The Kier molecular flexibility index (Phi) is 6.76. The molecule has 0 saturated carbocycles. The fourth-order valence-corrected chi connectivity index (χ4v) is 4.94. The molecule has 2 rings (SSSR count). The third-order valence-electron chi connectivity index (χ3n) is 2.91. The van der Waals surface area contributed by atoms with Crippen LogP contribution in [0, 0.1) is 0 Å². The minimum atomic E-state index is -4.36. The van der Waals surface area contributed by atoms with Gasteiger partial charge in [0, 0.05) is 16.1 Å². The molecule has 0 spiro atoms. The molecule has 0 aliphatic carbocycles. The van der Waals surface area contributed by atoms with Crippen molar-refractivity contribution in [3.8, 4) is 0 Å². The molecule has 1 heterocycles. The summed E-state index contributed by atoms with van der Waals surface area (Å²) < 4.78 is 61.7. The number of benzene rings is 1. The summed E-state index contributed by atoms with van der Waals surface area (Å²) in [6, 6.07) is 7.27. The third kappa shape index (κ3) is 4.06. The minimum Gasteiger partial charge on any atom is -0.245 e. The van der Waals surface area contributed by atoms with Crippen LogP contribution < -0.4 is 0 Å². The van der Waals surface area contributed by atoms with E-state index in [1.807, 2.05) is 6.92 Å². The first-order valence-electron chi connectivity index (χ1n) is 6.74. The zero-order valence-corrected chi connectivity index (χ0v) is 15.5. The standard InChI is InChI=1S/C12H11ClFNO4S2.C3H6/c1-2-10(8-14)21(18,19)15-11-6-4-3-5-9(11)7-12(15)20(13,16)17;1-3-2/h2-7H,8H2,1H3;3H,1H2,2H3/b10-2-;. The van der Waals surface area contributed by atoms with Crippen molar-refractivity contribution < 1.29 is 21.2 Å². The Hall–Kier alpha value is -1.64. The van der Waals surface area contributed by atoms with Crippen molar-refractivity contribution in [2.75, 3.05) is 6.67 Å². The zero-order chi connectivity index (χ0) is 18.5. The van der Waals surface area contributed by atoms with Crippen LogP contribution in [0.3, 0.4) is 0 Å². The largest absolute Gasteiger partial charge is 0.277 e. The van der Waals surface area contributed by atoms with Gasteiger partial charge in [0.1, 0.15) is 6.67 Å². The molecule has 0 radical (unpaired) electrons. The highest BCUT2D eigenvalue weighted by Gasteiger charge is 2.29. The van der Waals surface area contributed by atoms with E-state index < -0.39 is 35.7 Å². The number of fused-ring (bicyclic) bond motifs is 1. The molecule has 0 N–H and O–H groups in total. The average molecular weight is 394 g/mol. The maximum absolute atomic E-state index is 12.9. The summed E-state index contributed by atoms with van der Waals surface area (Å²) in [6.45, 7) is 5.36. The van der Waals surface area contributed by atoms with Gasteiger partial charge < -0.3 is 0 Å². The molecule has 2 aromatic rings. The Morgan fingerprint density at radius 3 is 2.25 bits per heavy atom. The fourth-order valence-electron chi connectivity index (χ4n) is 1.93. The van der Waals surface area contributed by atoms with E-state index >= 15 is 0 Å². The predicted molar refractivity (Wildman–Crippen MR) is 94.9 cm³/mol. The lowest BCUT2D eigenvalue weighted by molar-refractivity contribution is 0.539. The van der Waals surface area contributed by atoms with Crippen molar-refractivity contribution in [2.45, 2.75) is 18.9 Å². The highest BCUT2D eigenvalue weighted by molar-refractivity contribution is 8.14. The van der Waals surface area contributed by atoms with E-state index in [1.165, 1.54) is 19.1 Å². The van der Waals surface area contributed by atoms with E-state index in [4.69, 9.17) is 10.7 Å². The number of hydrogen-bond acceptors (Lipinski definition) is 4. The van der Waals surface area contributed by atoms with Gasteiger partial charge in [-0.05, 0) is 26.0 Å². The second kappa shape index (κ2) is 7.96. The van der Waals surface area contributed by atoms with Gasteiger partial charge in [0.2, 0.25) is 0 Å². The molecule has 1 aromatic heterocycles. The monoisotopic (exact) mass is 393 g/mol. The molecule has 9 heteroatoms. The van der Waals surface area contributed by atoms with E-state index in [0.29, 0.717) is 9.36 Å². The second-order valence-electron chi connectivity index (χ2n) is 4.55. The van der Waals surface area contributed by atoms with Crippen molar-refractivity contribution in [3.63, 3.8) is 0 Å². The topological polar surface area (TPSA) is 73.2 Å². The maximum atomic E-state index is 12.9. The SMILES string of the molecule is C/C=C(/CF)S(=O)(=O)n1c(S(=O)(=O)Cl)cc2ccccc21.C=CC. The summed E-state index contributed by atoms with van der Waals surface area (Å²) >= 11 is 0. The van der Waals surface area contributed by atoms with Gasteiger partial charge in [-0.2, -0.15) is 0 Å². The molecule has 0 atom stereocenters. The van der Waals surface area contributed by atoms with Crippen molar-refractivity contribution in [3.05, 3.63) is 54.0 Å². The quantitative estimate of drug-likeness (QED) is 0.584. The van der Waals surface area contributed by atoms with E-state index in [1.54, 1.807) is 18.2 Å². The molecular formula is C15H17ClFNO4S2. The average Bonchev–Trinajstić information content (AvgIpc) is 2.89. The number of rotatable bonds is 4. The van der Waals surface area contributed by atoms with Crippen LogP contribution in [0.5, 0.6) is 0 Å². The van der Waals surface area contributed by atoms with Gasteiger partial charge in [0.05, 0.1) is 10.4 Å². The number of alkyl halides is 1. The lowest BCUT2D eigenvalue weighted by Crippen LogP contribution is -2.19. The smallest absolute Gasteiger partial charge is 0.245 e. The van der Waals surface area contributed by atoms with Crippen LogP contribution in [0.2, 0.25) is 0 Å². The number of nitrogens with zero attached hydrogens (tertiary/aromatic N) is 1. The molecular weight excluding hydrogens is 377 g/mol. The second-order valence-corrected chi connectivity index (χ2v) is 8.90. The van der Waals surface area contributed by atoms with Crippen LogP contribution in [0.25, 0.3) is 10.9 Å². The number of para-hydroxylation sites is 1. The molecule has 0 aliphatic rings. The molecule has 0 saturated heterocycles. The number of allylic oxidation sites excluding steroid dienone is 3. The van der Waals surface area contributed by atoms with Crippen LogP contribution in [0.15, 0.2) is 59.0 Å². The van der Waals surface area contributed by atoms with Crippen molar-refractivity contribution in [1.82, 2.24) is 3.97 Å². The van der Waals surface area contributed by atoms with E-state index in [0.717, 1.165) is 12.1 Å². The van der Waals surface area contributed by atoms with Gasteiger partial charge in [-0.1, -0.05) is 30.4 Å². The van der Waals surface area contributed by atoms with Gasteiger partial charge in [0.25, 0.3) is 19.1 Å². The van der Waals surface area contributed by atoms with Crippen molar-refractivity contribution in [2.24, 2.45) is 0 Å². The Labute approximate surface area is 145 Å². The summed E-state index contributed by atoms with van der Waals surface area (Å²) in [7, 11) is -3.38. The maximum Gasteiger partial charge on any atom is 0.277 e. The van der Waals surface area contributed by atoms with Crippen molar-refractivity contribution in [1.29, 1.82) is 0 Å². The van der Waals surface area contributed by atoms with Gasteiger partial charge >= 0.3 is 0 Å². The summed E-state index contributed by atoms with van der Waals surface area (Å²) in [5.74, 6) is 0. The van der Waals surface area contributed by atoms with Crippen LogP contribution in [0.1, 0.15) is 13.8 Å². The van der Waals surface area contributed by atoms with Crippen LogP contribution in [0.4, 0.5) is 4.39 Å². The first-order valence-corrected chi connectivity index (χ1v) is 10.5. The molecule has 1 aromatic carbocycles. The molecule has 132 valence electrons. The first kappa shape index (κ1) is 20.4. The van der Waals surface area contributed by atoms with Gasteiger partial charge in [-0.15, -0.1) is 6.58 Å². The first-order chi connectivity index (χ1) is 11.1. The normalized spacial score (nSPS) is 12.6. The molecule has 24 heavy (non-hydrogen) atoms. The Morgan fingerprint density at radius 2 is 1.79 bits per heavy atom. The van der Waals surface area contributed by atoms with Crippen LogP contribution >= 0.6 is 10.7 Å². The minimum absolute atomic E-state index is 0.115. The predicted octanol–water partition coefficient (Wildman–Crippen LogP) is 3.81. The van der Waals surface area contributed by atoms with Gasteiger partial charge in [-0.25, -0.2) is 25.2 Å². The molecule has 0 amide bonds. The van der Waals surface area contributed by atoms with E-state index in [2.05, 4.69) is 6.58 Å². The molecule has 5 nitrogen and oxygen atoms in total. The highest BCUT2D eigenvalue weighted by Crippen LogP contribution is 2.29. The molecule has 0 aliphatic heterocycles. The highest BCUT2D eigenvalue weighted by atomic mass is 35.7. The number of hydrogen-bond donors (Lipinski definition) is 0. The van der Waals surface area contributed by atoms with E-state index in [9.17, 15) is 21.2 Å². The summed E-state index contributed by atoms with van der Waals surface area (Å²) in [6.07, 6.45) is 2.83. The fraction of sp³-hybridized carbons (Fsp3) is 0.200. The zero-order valence-electron chi connectivity index (χ0n) is 13.1. The molecule has 0 unspecified atom stereocenters. The third-order valence-corrected chi connectivity index (χ3v) is 6.18. The Bertz CT molecular complexity index is 976. The summed E-state index contributed by atoms with van der Waals surface area (Å²) in [5.41, 5.74) is 0.115. The Morgan fingerprint density at radius 1 is 1.25 bits per heavy atom. The van der Waals surface area contributed by atoms with Crippen molar-refractivity contribution >= 4 is 40.7 Å². The molecule has 0 fully saturated rings. The van der Waals surface area contributed by atoms with Gasteiger partial charge in [-0.3, -0.25) is 0 Å². The number of halogens is 2. The number of aromatic nitrogens is 1. The lowest BCUT2D eigenvalue weighted by atomic mass is 10.3. The Balaban J connectivity index is 0.000000891. The van der Waals surface area contributed by atoms with Gasteiger partial charge in [0.15, 0.2) is 5.03 Å². The lowest BCUT2D eigenvalue weighted by Gasteiger charge is -2.11. The van der Waals surface area contributed by atoms with Crippen LogP contribution in [-0.2, 0) is 19.1 Å². The summed E-state index contributed by atoms with van der Waals surface area (Å²) in [5, 5.41) is -0.243. The summed E-state index contributed by atoms with van der Waals surface area (Å²) in [4.78, 5) is -0.537. The van der Waals surface area contributed by atoms with Crippen LogP contribution in [-0.4, -0.2) is 27.5 Å².